The Balaban J connectivity index is 0.000000362. The van der Waals surface area contributed by atoms with Gasteiger partial charge in [-0.25, -0.2) is 8.98 Å². The van der Waals surface area contributed by atoms with Crippen LogP contribution in [0.2, 0.25) is 0 Å². The van der Waals surface area contributed by atoms with E-state index in [0.717, 1.165) is 47.4 Å². The first-order valence-corrected chi connectivity index (χ1v) is 21.9. The molecule has 0 aliphatic heterocycles. The molecule has 17 heteroatoms. The van der Waals surface area contributed by atoms with Gasteiger partial charge in [-0.15, -0.1) is 0 Å². The van der Waals surface area contributed by atoms with E-state index in [1.54, 1.807) is 41.5 Å². The van der Waals surface area contributed by atoms with Gasteiger partial charge in [0.2, 0.25) is 0 Å². The maximum Gasteiger partial charge on any atom is 0.523 e. The van der Waals surface area contributed by atoms with E-state index in [4.69, 9.17) is 14.2 Å². The van der Waals surface area contributed by atoms with Crippen molar-refractivity contribution in [3.63, 3.8) is 0 Å². The van der Waals surface area contributed by atoms with E-state index in [1.807, 2.05) is 109 Å². The number of alkyl halides is 3. The largest absolute Gasteiger partial charge is 0.523 e. The van der Waals surface area contributed by atoms with Crippen molar-refractivity contribution in [2.75, 3.05) is 14.2 Å². The van der Waals surface area contributed by atoms with Crippen molar-refractivity contribution in [1.29, 1.82) is 0 Å². The zero-order chi connectivity index (χ0) is 50.0. The molecule has 0 aromatic heterocycles. The van der Waals surface area contributed by atoms with Crippen LogP contribution in [0, 0.1) is 11.8 Å². The molecule has 358 valence electrons. The topological polar surface area (TPSA) is 183 Å². The lowest BCUT2D eigenvalue weighted by Gasteiger charge is -2.25. The normalized spacial score (nSPS) is 12.9. The summed E-state index contributed by atoms with van der Waals surface area (Å²) in [7, 11) is -3.63. The van der Waals surface area contributed by atoms with Gasteiger partial charge in [-0.05, 0) is 81.8 Å². The highest BCUT2D eigenvalue weighted by atomic mass is 32.2. The highest BCUT2D eigenvalue weighted by Gasteiger charge is 2.49. The number of esters is 4. The first-order chi connectivity index (χ1) is 30.6. The third-order valence-corrected chi connectivity index (χ3v) is 9.94. The molecule has 0 saturated heterocycles. The van der Waals surface area contributed by atoms with Crippen molar-refractivity contribution >= 4 is 45.6 Å². The molecule has 0 saturated carbocycles. The predicted octanol–water partition coefficient (Wildman–Crippen LogP) is 8.84. The number of Topliss-reactive ketones (excluding diaryl/α,β-unsaturated/α-hetero) is 2. The lowest BCUT2D eigenvalue weighted by atomic mass is 9.86. The number of ketones is 2. The van der Waals surface area contributed by atoms with Crippen molar-refractivity contribution in [2.24, 2.45) is 11.8 Å². The summed E-state index contributed by atoms with van der Waals surface area (Å²) in [6.45, 7) is 12.9. The molecule has 0 N–H and O–H groups in total. The van der Waals surface area contributed by atoms with Crippen LogP contribution in [0.15, 0.2) is 109 Å². The van der Waals surface area contributed by atoms with Crippen LogP contribution in [0.4, 0.5) is 13.2 Å². The summed E-state index contributed by atoms with van der Waals surface area (Å²) in [5.74, 6) is -5.64. The Kier molecular flexibility index (Phi) is 21.1. The second-order valence-electron chi connectivity index (χ2n) is 16.7. The standard InChI is InChI=1S/C24H28O5.C20H22O3.C5H7F3O5S/c1-16(22(26)28-5)21(23(27)29-24(2,3)4)20(25)15-17-11-13-19(14-12-17)18-9-7-6-8-10-18;1-20(2,3)23-19(22)14-18(21)13-15-9-11-17(12-10-15)16-7-5-4-6-8-16;1-3(4(9)12-2)13-14(10,11)5(6,7)8/h6-14,16,21H,15H2,1-5H3;4-12H,13-14H2,1-3H3;3H,1-2H3/t16-,21?;;3-/m1.1/s1. The minimum Gasteiger partial charge on any atom is -0.469 e. The van der Waals surface area contributed by atoms with E-state index >= 15 is 0 Å². The van der Waals surface area contributed by atoms with Crippen LogP contribution in [-0.4, -0.2) is 80.9 Å². The SMILES string of the molecule is CC(C)(C)OC(=O)CC(=O)Cc1ccc(-c2ccccc2)cc1.COC(=O)[C@@H](C)OS(=O)(=O)C(F)(F)F.COC(=O)[C@H](C)C(C(=O)Cc1ccc(-c2ccccc2)cc1)C(=O)OC(C)(C)C. The minimum absolute atomic E-state index is 0.0281. The van der Waals surface area contributed by atoms with Crippen LogP contribution in [0.3, 0.4) is 0 Å². The quantitative estimate of drug-likeness (QED) is 0.0363. The Morgan fingerprint density at radius 1 is 0.545 bits per heavy atom. The number of rotatable bonds is 15. The molecule has 0 heterocycles. The van der Waals surface area contributed by atoms with Crippen molar-refractivity contribution in [3.05, 3.63) is 120 Å². The van der Waals surface area contributed by atoms with E-state index in [-0.39, 0.29) is 30.8 Å². The molecule has 0 spiro atoms. The second-order valence-corrected chi connectivity index (χ2v) is 18.3. The monoisotopic (exact) mass is 942 g/mol. The van der Waals surface area contributed by atoms with E-state index in [1.165, 1.54) is 14.0 Å². The molecule has 0 aliphatic rings. The van der Waals surface area contributed by atoms with Gasteiger partial charge >= 0.3 is 39.5 Å². The molecule has 4 aromatic carbocycles. The van der Waals surface area contributed by atoms with Gasteiger partial charge in [0.25, 0.3) is 0 Å². The number of halogens is 3. The van der Waals surface area contributed by atoms with Gasteiger partial charge in [0.1, 0.15) is 29.3 Å². The van der Waals surface area contributed by atoms with Crippen molar-refractivity contribution < 1.29 is 73.5 Å². The smallest absolute Gasteiger partial charge is 0.469 e. The van der Waals surface area contributed by atoms with Crippen molar-refractivity contribution in [2.45, 2.75) is 97.5 Å². The Bertz CT molecular complexity index is 2330. The molecule has 13 nitrogen and oxygen atoms in total. The molecule has 66 heavy (non-hydrogen) atoms. The van der Waals surface area contributed by atoms with Gasteiger partial charge in [-0.2, -0.15) is 21.6 Å². The molecular weight excluding hydrogens is 886 g/mol. The third kappa shape index (κ3) is 19.5. The van der Waals surface area contributed by atoms with Crippen LogP contribution in [0.25, 0.3) is 22.3 Å². The molecule has 3 atom stereocenters. The highest BCUT2D eigenvalue weighted by Crippen LogP contribution is 2.27. The van der Waals surface area contributed by atoms with Crippen molar-refractivity contribution in [1.82, 2.24) is 0 Å². The Labute approximate surface area is 384 Å². The average Bonchev–Trinajstić information content (AvgIpc) is 3.22. The number of hydrogen-bond donors (Lipinski definition) is 0. The molecule has 0 amide bonds. The molecule has 0 fully saturated rings. The zero-order valence-electron chi connectivity index (χ0n) is 38.6. The lowest BCUT2D eigenvalue weighted by molar-refractivity contribution is -0.169. The van der Waals surface area contributed by atoms with E-state index in [0.29, 0.717) is 0 Å². The average molecular weight is 943 g/mol. The number of methoxy groups -OCH3 is 2. The van der Waals surface area contributed by atoms with E-state index in [2.05, 4.69) is 8.92 Å². The summed E-state index contributed by atoms with van der Waals surface area (Å²) in [5.41, 5.74) is -0.844. The zero-order valence-corrected chi connectivity index (χ0v) is 39.4. The number of hydrogen-bond acceptors (Lipinski definition) is 13. The van der Waals surface area contributed by atoms with Gasteiger partial charge in [-0.3, -0.25) is 24.0 Å². The van der Waals surface area contributed by atoms with Gasteiger partial charge in [0, 0.05) is 12.8 Å². The van der Waals surface area contributed by atoms with E-state index < -0.39 is 68.6 Å². The first kappa shape index (κ1) is 55.9. The van der Waals surface area contributed by atoms with Crippen LogP contribution in [0.1, 0.15) is 72.9 Å². The molecule has 4 rings (SSSR count). The highest BCUT2D eigenvalue weighted by molar-refractivity contribution is 7.87. The maximum absolute atomic E-state index is 12.9. The van der Waals surface area contributed by atoms with Gasteiger partial charge in [-0.1, -0.05) is 116 Å². The maximum atomic E-state index is 12.9. The van der Waals surface area contributed by atoms with Crippen LogP contribution < -0.4 is 0 Å². The van der Waals surface area contributed by atoms with Gasteiger partial charge < -0.3 is 18.9 Å². The molecule has 0 aliphatic carbocycles. The Hall–Kier alpha value is -6.20. The minimum atomic E-state index is -5.75. The van der Waals surface area contributed by atoms with Crippen LogP contribution in [-0.2, 0) is 74.9 Å². The fraction of sp³-hybridized carbons (Fsp3) is 0.388. The van der Waals surface area contributed by atoms with Gasteiger partial charge in [0.15, 0.2) is 11.9 Å². The molecule has 4 aromatic rings. The first-order valence-electron chi connectivity index (χ1n) is 20.5. The fourth-order valence-corrected chi connectivity index (χ4v) is 6.35. The van der Waals surface area contributed by atoms with Gasteiger partial charge in [0.05, 0.1) is 20.1 Å². The van der Waals surface area contributed by atoms with Crippen molar-refractivity contribution in [3.8, 4) is 22.3 Å². The molecular formula is C49H57F3O13S. The van der Waals surface area contributed by atoms with Crippen LogP contribution >= 0.6 is 0 Å². The second kappa shape index (κ2) is 24.9. The van der Waals surface area contributed by atoms with Crippen LogP contribution in [0.5, 0.6) is 0 Å². The van der Waals surface area contributed by atoms with E-state index in [9.17, 15) is 50.4 Å². The summed E-state index contributed by atoms with van der Waals surface area (Å²) >= 11 is 0. The Morgan fingerprint density at radius 3 is 1.32 bits per heavy atom. The summed E-state index contributed by atoms with van der Waals surface area (Å²) in [4.78, 5) is 71.7. The lowest BCUT2D eigenvalue weighted by Crippen LogP contribution is -2.40. The number of benzene rings is 4. The predicted molar refractivity (Wildman–Crippen MR) is 240 cm³/mol. The third-order valence-electron chi connectivity index (χ3n) is 8.83. The summed E-state index contributed by atoms with van der Waals surface area (Å²) < 4.78 is 78.5. The number of carbonyl (C=O) groups is 6. The molecule has 0 radical (unpaired) electrons. The summed E-state index contributed by atoms with van der Waals surface area (Å²) in [6.07, 6.45) is -1.74. The molecule has 1 unspecified atom stereocenters. The summed E-state index contributed by atoms with van der Waals surface area (Å²) in [5, 5.41) is 0. The number of carbonyl (C=O) groups excluding carboxylic acids is 6. The summed E-state index contributed by atoms with van der Waals surface area (Å²) in [6, 6.07) is 35.4. The molecule has 0 bridgehead atoms. The number of ether oxygens (including phenoxy) is 4. The fourth-order valence-electron chi connectivity index (χ4n) is 5.78. The Morgan fingerprint density at radius 2 is 0.939 bits per heavy atom.